The van der Waals surface area contributed by atoms with E-state index in [0.717, 1.165) is 56.4 Å². The number of likely N-dealkylation sites (tertiary alicyclic amines) is 1. The van der Waals surface area contributed by atoms with E-state index in [-0.39, 0.29) is 36.5 Å². The van der Waals surface area contributed by atoms with Gasteiger partial charge in [0.2, 0.25) is 5.91 Å². The van der Waals surface area contributed by atoms with Gasteiger partial charge in [0.05, 0.1) is 32.3 Å². The molecule has 2 saturated heterocycles. The molecule has 3 heterocycles. The van der Waals surface area contributed by atoms with Crippen molar-refractivity contribution in [1.82, 2.24) is 20.0 Å². The number of hydrogen-bond acceptors (Lipinski definition) is 9. The first kappa shape index (κ1) is 30.0. The van der Waals surface area contributed by atoms with Gasteiger partial charge in [-0.05, 0) is 43.5 Å². The fourth-order valence-electron chi connectivity index (χ4n) is 6.29. The number of nitrogens with one attached hydrogen (secondary N) is 1. The van der Waals surface area contributed by atoms with Crippen molar-refractivity contribution in [3.63, 3.8) is 0 Å². The van der Waals surface area contributed by atoms with Crippen LogP contribution < -0.4 is 11.1 Å². The Balaban J connectivity index is 1.30. The molecule has 1 aromatic rings. The number of dihydropyridines is 1. The monoisotopic (exact) mass is 576 g/mol. The van der Waals surface area contributed by atoms with Crippen LogP contribution in [-0.4, -0.2) is 104 Å². The van der Waals surface area contributed by atoms with Crippen molar-refractivity contribution in [2.75, 3.05) is 53.6 Å². The van der Waals surface area contributed by atoms with Gasteiger partial charge in [0.25, 0.3) is 0 Å². The van der Waals surface area contributed by atoms with E-state index in [2.05, 4.69) is 33.3 Å². The van der Waals surface area contributed by atoms with E-state index in [1.54, 1.807) is 7.11 Å². The second-order valence-corrected chi connectivity index (χ2v) is 11.4. The van der Waals surface area contributed by atoms with Gasteiger partial charge < -0.3 is 25.0 Å². The summed E-state index contributed by atoms with van der Waals surface area (Å²) in [5.74, 6) is 0.503. The van der Waals surface area contributed by atoms with Crippen LogP contribution in [0.2, 0.25) is 0 Å². The van der Waals surface area contributed by atoms with E-state index in [4.69, 9.17) is 20.2 Å². The van der Waals surface area contributed by atoms with Crippen molar-refractivity contribution in [3.05, 3.63) is 71.0 Å². The Bertz CT molecular complexity index is 1230. The van der Waals surface area contributed by atoms with Crippen LogP contribution in [0.5, 0.6) is 0 Å². The maximum absolute atomic E-state index is 13.6. The number of amidine groups is 1. The molecule has 3 aliphatic heterocycles. The van der Waals surface area contributed by atoms with Crippen molar-refractivity contribution < 1.29 is 19.1 Å². The summed E-state index contributed by atoms with van der Waals surface area (Å²) >= 11 is 0. The van der Waals surface area contributed by atoms with Crippen LogP contribution in [0.4, 0.5) is 0 Å². The van der Waals surface area contributed by atoms with Crippen LogP contribution in [0.15, 0.2) is 64.8 Å². The number of rotatable bonds is 13. The number of hydrogen-bond donors (Lipinski definition) is 2. The summed E-state index contributed by atoms with van der Waals surface area (Å²) in [5, 5.41) is 3.69. The van der Waals surface area contributed by atoms with Gasteiger partial charge in [-0.25, -0.2) is 0 Å². The first-order valence-corrected chi connectivity index (χ1v) is 15.1. The number of benzene rings is 1. The Morgan fingerprint density at radius 3 is 2.62 bits per heavy atom. The van der Waals surface area contributed by atoms with Crippen LogP contribution in [0, 0.1) is 0 Å². The molecule has 0 saturated carbocycles. The number of methoxy groups -OCH3 is 2. The van der Waals surface area contributed by atoms with E-state index in [1.165, 1.54) is 18.4 Å². The van der Waals surface area contributed by atoms with Gasteiger partial charge in [-0.1, -0.05) is 48.6 Å². The molecule has 1 aromatic carbocycles. The molecule has 0 aromatic heterocycles. The van der Waals surface area contributed by atoms with Crippen molar-refractivity contribution in [2.45, 2.75) is 56.9 Å². The molecule has 0 spiro atoms. The van der Waals surface area contributed by atoms with E-state index >= 15 is 0 Å². The quantitative estimate of drug-likeness (QED) is 0.343. The highest BCUT2D eigenvalue weighted by atomic mass is 16.5. The van der Waals surface area contributed by atoms with E-state index < -0.39 is 0 Å². The summed E-state index contributed by atoms with van der Waals surface area (Å²) < 4.78 is 10.2. The summed E-state index contributed by atoms with van der Waals surface area (Å²) in [7, 11) is 3.12. The number of allylic oxidation sites excluding steroid dienone is 2. The van der Waals surface area contributed by atoms with Crippen molar-refractivity contribution in [3.8, 4) is 0 Å². The van der Waals surface area contributed by atoms with Gasteiger partial charge in [-0.2, -0.15) is 0 Å². The van der Waals surface area contributed by atoms with E-state index in [9.17, 15) is 9.59 Å². The normalized spacial score (nSPS) is 23.1. The number of amides is 1. The standard InChI is InChI=1S/C32H44N6O4/c1-41-19-14-27-35-30-31(25-8-3-4-9-26(25)34-32(30)33)38(27)18-7-17-37(28(39)22-36-15-5-6-16-36)21-24-12-10-23(11-13-24)20-29(40)42-2/h3-4,8-13,26-27,30,35H,5-7,14-22H2,1-2H3,(H2,33,34). The SMILES string of the molecule is COCCC1NC2C(N)=NC3C=CC=CC3=C2N1CCCN(Cc1ccc(CC(=O)OC)cc1)C(=O)CN1CCCC1. The lowest BCUT2D eigenvalue weighted by Gasteiger charge is -2.33. The van der Waals surface area contributed by atoms with Gasteiger partial charge in [0, 0.05) is 51.0 Å². The third-order valence-corrected chi connectivity index (χ3v) is 8.50. The number of fused-ring (bicyclic) bond motifs is 2. The summed E-state index contributed by atoms with van der Waals surface area (Å²) in [5.41, 5.74) is 10.8. The second-order valence-electron chi connectivity index (χ2n) is 11.4. The molecule has 5 rings (SSSR count). The van der Waals surface area contributed by atoms with Crippen LogP contribution in [0.1, 0.15) is 36.8 Å². The lowest BCUT2D eigenvalue weighted by atomic mass is 9.93. The predicted octanol–water partition coefficient (Wildman–Crippen LogP) is 1.97. The summed E-state index contributed by atoms with van der Waals surface area (Å²) in [6, 6.07) is 7.71. The zero-order valence-corrected chi connectivity index (χ0v) is 24.8. The van der Waals surface area contributed by atoms with Gasteiger partial charge in [0.15, 0.2) is 0 Å². The average Bonchev–Trinajstić information content (AvgIpc) is 3.64. The first-order valence-electron chi connectivity index (χ1n) is 15.1. The Labute approximate surface area is 248 Å². The maximum atomic E-state index is 13.6. The largest absolute Gasteiger partial charge is 0.469 e. The molecule has 1 amide bonds. The van der Waals surface area contributed by atoms with E-state index in [1.807, 2.05) is 35.2 Å². The minimum atomic E-state index is -0.263. The number of ether oxygens (including phenoxy) is 2. The maximum Gasteiger partial charge on any atom is 0.309 e. The van der Waals surface area contributed by atoms with Crippen molar-refractivity contribution in [1.29, 1.82) is 0 Å². The molecule has 3 atom stereocenters. The topological polar surface area (TPSA) is 113 Å². The summed E-state index contributed by atoms with van der Waals surface area (Å²) in [6.45, 7) is 4.99. The molecule has 3 unspecified atom stereocenters. The number of aliphatic imine (C=N–C) groups is 1. The van der Waals surface area contributed by atoms with Gasteiger partial charge in [0.1, 0.15) is 11.9 Å². The number of carbonyl (C=O) groups is 2. The number of esters is 1. The Morgan fingerprint density at radius 1 is 1.12 bits per heavy atom. The minimum absolute atomic E-state index is 0.0626. The van der Waals surface area contributed by atoms with Gasteiger partial charge in [-0.15, -0.1) is 0 Å². The zero-order valence-electron chi connectivity index (χ0n) is 24.8. The Kier molecular flexibility index (Phi) is 10.1. The van der Waals surface area contributed by atoms with Crippen LogP contribution >= 0.6 is 0 Å². The molecule has 4 aliphatic rings. The minimum Gasteiger partial charge on any atom is -0.469 e. The molecule has 42 heavy (non-hydrogen) atoms. The summed E-state index contributed by atoms with van der Waals surface area (Å²) in [6.07, 6.45) is 12.5. The van der Waals surface area contributed by atoms with Crippen molar-refractivity contribution >= 4 is 17.7 Å². The lowest BCUT2D eigenvalue weighted by molar-refractivity contribution is -0.139. The first-order chi connectivity index (χ1) is 20.5. The fourth-order valence-corrected chi connectivity index (χ4v) is 6.29. The molecular weight excluding hydrogens is 532 g/mol. The third-order valence-electron chi connectivity index (χ3n) is 8.50. The predicted molar refractivity (Wildman–Crippen MR) is 162 cm³/mol. The molecule has 10 nitrogen and oxygen atoms in total. The molecule has 0 radical (unpaired) electrons. The van der Waals surface area contributed by atoms with Gasteiger partial charge in [-0.3, -0.25) is 24.8 Å². The molecule has 226 valence electrons. The Hall–Kier alpha value is -3.47. The summed E-state index contributed by atoms with van der Waals surface area (Å²) in [4.78, 5) is 36.6. The molecule has 10 heteroatoms. The highest BCUT2D eigenvalue weighted by Gasteiger charge is 2.42. The molecule has 2 fully saturated rings. The van der Waals surface area contributed by atoms with Crippen LogP contribution in [0.3, 0.4) is 0 Å². The van der Waals surface area contributed by atoms with Crippen LogP contribution in [-0.2, 0) is 32.0 Å². The zero-order chi connectivity index (χ0) is 29.5. The molecule has 1 aliphatic carbocycles. The van der Waals surface area contributed by atoms with Crippen molar-refractivity contribution in [2.24, 2.45) is 10.7 Å². The highest BCUT2D eigenvalue weighted by molar-refractivity contribution is 5.91. The average molecular weight is 577 g/mol. The number of nitrogens with zero attached hydrogens (tertiary/aromatic N) is 4. The fraction of sp³-hybridized carbons (Fsp3) is 0.531. The smallest absolute Gasteiger partial charge is 0.309 e. The lowest BCUT2D eigenvalue weighted by Crippen LogP contribution is -2.44. The highest BCUT2D eigenvalue weighted by Crippen LogP contribution is 2.34. The molecular formula is C32H44N6O4. The number of nitrogens with two attached hydrogens (primary N) is 1. The second kappa shape index (κ2) is 14.1. The third kappa shape index (κ3) is 7.11. The molecule has 0 bridgehead atoms. The molecule has 3 N–H and O–H groups in total. The van der Waals surface area contributed by atoms with Gasteiger partial charge >= 0.3 is 5.97 Å². The van der Waals surface area contributed by atoms with Crippen LogP contribution in [0.25, 0.3) is 0 Å². The number of carbonyl (C=O) groups excluding carboxylic acids is 2. The Morgan fingerprint density at radius 2 is 1.88 bits per heavy atom. The van der Waals surface area contributed by atoms with E-state index in [0.29, 0.717) is 32.1 Å².